The van der Waals surface area contributed by atoms with Gasteiger partial charge in [0.05, 0.1) is 12.8 Å². The molecular weight excluding hydrogens is 411 g/mol. The first-order valence-electron chi connectivity index (χ1n) is 10.1. The number of furan rings is 1. The first kappa shape index (κ1) is 21.1. The number of benzene rings is 3. The van der Waals surface area contributed by atoms with Crippen molar-refractivity contribution in [3.8, 4) is 11.5 Å². The highest BCUT2D eigenvalue weighted by molar-refractivity contribution is 5.97. The van der Waals surface area contributed by atoms with Gasteiger partial charge in [-0.2, -0.15) is 5.10 Å². The number of nitrogens with one attached hydrogen (secondary N) is 1. The molecule has 1 heterocycles. The molecule has 162 valence electrons. The quantitative estimate of drug-likeness (QED) is 0.302. The summed E-state index contributed by atoms with van der Waals surface area (Å²) in [5, 5.41) is 4.77. The number of hydrogen-bond donors (Lipinski definition) is 1. The third-order valence-electron chi connectivity index (χ3n) is 4.65. The van der Waals surface area contributed by atoms with Gasteiger partial charge in [-0.25, -0.2) is 9.82 Å². The summed E-state index contributed by atoms with van der Waals surface area (Å²) in [6.07, 6.45) is 1.46. The predicted octanol–water partition coefficient (Wildman–Crippen LogP) is 5.31. The Labute approximate surface area is 184 Å². The van der Waals surface area contributed by atoms with Gasteiger partial charge in [0.15, 0.2) is 5.76 Å². The van der Waals surface area contributed by atoms with Crippen LogP contribution in [0.25, 0.3) is 11.0 Å². The van der Waals surface area contributed by atoms with Gasteiger partial charge in [0.25, 0.3) is 0 Å². The molecule has 0 unspecified atom stereocenters. The van der Waals surface area contributed by atoms with Crippen LogP contribution in [0.2, 0.25) is 0 Å². The van der Waals surface area contributed by atoms with Crippen molar-refractivity contribution in [1.82, 2.24) is 5.43 Å². The van der Waals surface area contributed by atoms with Crippen molar-refractivity contribution in [2.75, 3.05) is 6.61 Å². The van der Waals surface area contributed by atoms with Crippen LogP contribution < -0.4 is 14.9 Å². The molecule has 6 nitrogen and oxygen atoms in total. The lowest BCUT2D eigenvalue weighted by molar-refractivity contribution is 0.0929. The van der Waals surface area contributed by atoms with Crippen LogP contribution in [-0.4, -0.2) is 18.7 Å². The number of ether oxygens (including phenoxy) is 2. The standard InChI is InChI=1S/C25H21FN2O4/c1-2-30-20-11-12-23-19(13-20)14-24(32-23)25(29)28-27-15-17-7-4-6-10-22(17)31-16-18-8-3-5-9-21(18)26/h3-15H,2,16H2,1H3,(H,28,29)/b27-15+. The molecule has 0 saturated carbocycles. The van der Waals surface area contributed by atoms with Crippen LogP contribution in [0.1, 0.15) is 28.6 Å². The fourth-order valence-corrected chi connectivity index (χ4v) is 3.09. The van der Waals surface area contributed by atoms with Gasteiger partial charge in [-0.1, -0.05) is 30.3 Å². The molecule has 0 bridgehead atoms. The molecule has 1 N–H and O–H groups in total. The number of rotatable bonds is 8. The Kier molecular flexibility index (Phi) is 6.46. The van der Waals surface area contributed by atoms with E-state index in [0.29, 0.717) is 34.8 Å². The van der Waals surface area contributed by atoms with Crippen LogP contribution in [0.15, 0.2) is 82.3 Å². The zero-order valence-corrected chi connectivity index (χ0v) is 17.4. The second-order valence-corrected chi connectivity index (χ2v) is 6.86. The molecule has 32 heavy (non-hydrogen) atoms. The zero-order chi connectivity index (χ0) is 22.3. The normalized spacial score (nSPS) is 11.1. The maximum absolute atomic E-state index is 13.8. The molecule has 7 heteroatoms. The largest absolute Gasteiger partial charge is 0.494 e. The van der Waals surface area contributed by atoms with Crippen LogP contribution in [0.4, 0.5) is 4.39 Å². The van der Waals surface area contributed by atoms with E-state index >= 15 is 0 Å². The summed E-state index contributed by atoms with van der Waals surface area (Å²) < 4.78 is 30.6. The third kappa shape index (κ3) is 4.95. The van der Waals surface area contributed by atoms with Crippen molar-refractivity contribution in [3.05, 3.63) is 95.5 Å². The summed E-state index contributed by atoms with van der Waals surface area (Å²) >= 11 is 0. The Morgan fingerprint density at radius 3 is 2.72 bits per heavy atom. The van der Waals surface area contributed by atoms with Crippen molar-refractivity contribution in [3.63, 3.8) is 0 Å². The van der Waals surface area contributed by atoms with Crippen molar-refractivity contribution in [1.29, 1.82) is 0 Å². The zero-order valence-electron chi connectivity index (χ0n) is 17.4. The van der Waals surface area contributed by atoms with Gasteiger partial charge in [-0.3, -0.25) is 4.79 Å². The Morgan fingerprint density at radius 2 is 1.88 bits per heavy atom. The van der Waals surface area contributed by atoms with Gasteiger partial charge in [0.2, 0.25) is 0 Å². The van der Waals surface area contributed by atoms with Crippen LogP contribution in [0, 0.1) is 5.82 Å². The summed E-state index contributed by atoms with van der Waals surface area (Å²) in [6.45, 7) is 2.53. The van der Waals surface area contributed by atoms with E-state index in [1.807, 2.05) is 19.1 Å². The number of hydrazone groups is 1. The molecule has 0 fully saturated rings. The average Bonchev–Trinajstić information content (AvgIpc) is 3.23. The van der Waals surface area contributed by atoms with Crippen LogP contribution >= 0.6 is 0 Å². The summed E-state index contributed by atoms with van der Waals surface area (Å²) in [7, 11) is 0. The summed E-state index contributed by atoms with van der Waals surface area (Å²) in [6, 6.07) is 20.6. The first-order chi connectivity index (χ1) is 15.6. The summed E-state index contributed by atoms with van der Waals surface area (Å²) in [5.41, 5.74) is 4.11. The second kappa shape index (κ2) is 9.78. The molecular formula is C25H21FN2O4. The molecule has 0 aliphatic rings. The number of para-hydroxylation sites is 1. The van der Waals surface area contributed by atoms with Crippen molar-refractivity contribution >= 4 is 23.1 Å². The number of carbonyl (C=O) groups excluding carboxylic acids is 1. The minimum Gasteiger partial charge on any atom is -0.494 e. The van der Waals surface area contributed by atoms with E-state index in [-0.39, 0.29) is 18.2 Å². The minimum absolute atomic E-state index is 0.0760. The molecule has 1 amide bonds. The molecule has 4 rings (SSSR count). The number of fused-ring (bicyclic) bond motifs is 1. The van der Waals surface area contributed by atoms with Gasteiger partial charge in [0.1, 0.15) is 29.5 Å². The maximum atomic E-state index is 13.8. The molecule has 3 aromatic carbocycles. The maximum Gasteiger partial charge on any atom is 0.307 e. The van der Waals surface area contributed by atoms with E-state index in [9.17, 15) is 9.18 Å². The summed E-state index contributed by atoms with van der Waals surface area (Å²) in [5.74, 6) is 0.541. The van der Waals surface area contributed by atoms with Crippen LogP contribution in [0.5, 0.6) is 11.5 Å². The Bertz CT molecular complexity index is 1270. The first-order valence-corrected chi connectivity index (χ1v) is 10.1. The van der Waals surface area contributed by atoms with Gasteiger partial charge in [0, 0.05) is 16.5 Å². The molecule has 0 aliphatic heterocycles. The molecule has 0 saturated heterocycles. The smallest absolute Gasteiger partial charge is 0.307 e. The highest BCUT2D eigenvalue weighted by Crippen LogP contribution is 2.24. The highest BCUT2D eigenvalue weighted by atomic mass is 19.1. The predicted molar refractivity (Wildman–Crippen MR) is 120 cm³/mol. The lowest BCUT2D eigenvalue weighted by atomic mass is 10.2. The van der Waals surface area contributed by atoms with Crippen molar-refractivity contribution < 1.29 is 23.1 Å². The van der Waals surface area contributed by atoms with Gasteiger partial charge in [-0.05, 0) is 49.4 Å². The van der Waals surface area contributed by atoms with Crippen molar-refractivity contribution in [2.24, 2.45) is 5.10 Å². The number of nitrogens with zero attached hydrogens (tertiary/aromatic N) is 1. The lowest BCUT2D eigenvalue weighted by Gasteiger charge is -2.09. The molecule has 4 aromatic rings. The number of halogens is 1. The van der Waals surface area contributed by atoms with Crippen LogP contribution in [-0.2, 0) is 6.61 Å². The highest BCUT2D eigenvalue weighted by Gasteiger charge is 2.12. The van der Waals surface area contributed by atoms with E-state index < -0.39 is 5.91 Å². The van der Waals surface area contributed by atoms with E-state index in [1.54, 1.807) is 54.6 Å². The molecule has 0 radical (unpaired) electrons. The number of hydrogen-bond acceptors (Lipinski definition) is 5. The fraction of sp³-hybridized carbons (Fsp3) is 0.120. The SMILES string of the molecule is CCOc1ccc2oc(C(=O)N/N=C/c3ccccc3OCc3ccccc3F)cc2c1. The van der Waals surface area contributed by atoms with Gasteiger partial charge < -0.3 is 13.9 Å². The lowest BCUT2D eigenvalue weighted by Crippen LogP contribution is -2.16. The minimum atomic E-state index is -0.486. The Hall–Kier alpha value is -4.13. The molecule has 0 atom stereocenters. The van der Waals surface area contributed by atoms with Gasteiger partial charge >= 0.3 is 5.91 Å². The molecule has 0 spiro atoms. The third-order valence-corrected chi connectivity index (χ3v) is 4.65. The van der Waals surface area contributed by atoms with E-state index in [2.05, 4.69) is 10.5 Å². The fourth-order valence-electron chi connectivity index (χ4n) is 3.09. The average molecular weight is 432 g/mol. The Balaban J connectivity index is 1.42. The number of amides is 1. The van der Waals surface area contributed by atoms with Gasteiger partial charge in [-0.15, -0.1) is 0 Å². The van der Waals surface area contributed by atoms with E-state index in [1.165, 1.54) is 12.3 Å². The molecule has 1 aromatic heterocycles. The number of carbonyl (C=O) groups is 1. The van der Waals surface area contributed by atoms with Crippen LogP contribution in [0.3, 0.4) is 0 Å². The van der Waals surface area contributed by atoms with E-state index in [0.717, 1.165) is 5.39 Å². The molecule has 0 aliphatic carbocycles. The monoisotopic (exact) mass is 432 g/mol. The van der Waals surface area contributed by atoms with E-state index in [4.69, 9.17) is 13.9 Å². The topological polar surface area (TPSA) is 73.1 Å². The summed E-state index contributed by atoms with van der Waals surface area (Å²) in [4.78, 5) is 12.4. The van der Waals surface area contributed by atoms with Crippen molar-refractivity contribution in [2.45, 2.75) is 13.5 Å². The Morgan fingerprint density at radius 1 is 1.06 bits per heavy atom. The second-order valence-electron chi connectivity index (χ2n) is 6.86.